The lowest BCUT2D eigenvalue weighted by atomic mass is 9.98. The molecule has 0 saturated carbocycles. The molecule has 0 bridgehead atoms. The van der Waals surface area contributed by atoms with Gasteiger partial charge in [-0.1, -0.05) is 29.8 Å². The number of amides is 1. The first-order valence-electron chi connectivity index (χ1n) is 6.53. The number of fused-ring (bicyclic) bond motifs is 1. The lowest BCUT2D eigenvalue weighted by Crippen LogP contribution is -2.39. The van der Waals surface area contributed by atoms with Crippen molar-refractivity contribution in [1.29, 1.82) is 0 Å². The monoisotopic (exact) mass is 242 g/mol. The van der Waals surface area contributed by atoms with Gasteiger partial charge >= 0.3 is 0 Å². The zero-order valence-corrected chi connectivity index (χ0v) is 10.6. The predicted octanol–water partition coefficient (Wildman–Crippen LogP) is 2.37. The third kappa shape index (κ3) is 1.90. The molecule has 0 aliphatic carbocycles. The minimum atomic E-state index is -0.00731. The highest BCUT2D eigenvalue weighted by Crippen LogP contribution is 2.32. The molecule has 2 heterocycles. The standard InChI is InChI=1S/C15H18N2O/c1-11-5-4-8-17(10-11)15(18)13-9-16-14-7-3-2-6-12(13)14/h2-3,5-7,13,16H,4,8-10H2,1H3. The Bertz CT molecular complexity index is 507. The Balaban J connectivity index is 1.80. The Morgan fingerprint density at radius 1 is 1.39 bits per heavy atom. The Labute approximate surface area is 107 Å². The van der Waals surface area contributed by atoms with Crippen molar-refractivity contribution in [3.05, 3.63) is 41.5 Å². The molecule has 2 aliphatic rings. The zero-order chi connectivity index (χ0) is 12.5. The number of anilines is 1. The SMILES string of the molecule is CC1=CCCN(C(=O)C2CNc3ccccc32)C1. The average molecular weight is 242 g/mol. The third-order valence-electron chi connectivity index (χ3n) is 3.77. The molecule has 0 radical (unpaired) electrons. The molecule has 0 spiro atoms. The highest BCUT2D eigenvalue weighted by atomic mass is 16.2. The normalized spacial score (nSPS) is 22.2. The minimum Gasteiger partial charge on any atom is -0.384 e. The van der Waals surface area contributed by atoms with Gasteiger partial charge in [0.05, 0.1) is 5.92 Å². The maximum atomic E-state index is 12.6. The lowest BCUT2D eigenvalue weighted by molar-refractivity contribution is -0.132. The second-order valence-electron chi connectivity index (χ2n) is 5.12. The number of nitrogens with zero attached hydrogens (tertiary/aromatic N) is 1. The molecule has 3 nitrogen and oxygen atoms in total. The van der Waals surface area contributed by atoms with Crippen LogP contribution in [0.25, 0.3) is 0 Å². The summed E-state index contributed by atoms with van der Waals surface area (Å²) in [7, 11) is 0. The van der Waals surface area contributed by atoms with Gasteiger partial charge in [0.15, 0.2) is 0 Å². The van der Waals surface area contributed by atoms with Crippen LogP contribution in [0.3, 0.4) is 0 Å². The quantitative estimate of drug-likeness (QED) is 0.767. The summed E-state index contributed by atoms with van der Waals surface area (Å²) in [6.07, 6.45) is 3.21. The molecule has 0 aromatic heterocycles. The summed E-state index contributed by atoms with van der Waals surface area (Å²) in [6, 6.07) is 8.12. The fraction of sp³-hybridized carbons (Fsp3) is 0.400. The summed E-state index contributed by atoms with van der Waals surface area (Å²) in [5, 5.41) is 3.32. The number of rotatable bonds is 1. The number of para-hydroxylation sites is 1. The molecule has 0 fully saturated rings. The molecule has 1 atom stereocenters. The molecule has 3 heteroatoms. The Morgan fingerprint density at radius 2 is 2.22 bits per heavy atom. The summed E-state index contributed by atoms with van der Waals surface area (Å²) >= 11 is 0. The van der Waals surface area contributed by atoms with E-state index in [2.05, 4.69) is 24.4 Å². The molecular weight excluding hydrogens is 224 g/mol. The van der Waals surface area contributed by atoms with Crippen LogP contribution in [0.5, 0.6) is 0 Å². The molecule has 2 aliphatic heterocycles. The first kappa shape index (κ1) is 11.3. The van der Waals surface area contributed by atoms with Gasteiger partial charge in [0.25, 0.3) is 0 Å². The smallest absolute Gasteiger partial charge is 0.232 e. The fourth-order valence-electron chi connectivity index (χ4n) is 2.82. The molecule has 1 N–H and O–H groups in total. The summed E-state index contributed by atoms with van der Waals surface area (Å²) in [4.78, 5) is 14.6. The van der Waals surface area contributed by atoms with Crippen molar-refractivity contribution in [3.8, 4) is 0 Å². The van der Waals surface area contributed by atoms with Gasteiger partial charge in [0, 0.05) is 25.3 Å². The van der Waals surface area contributed by atoms with Crippen LogP contribution in [-0.2, 0) is 4.79 Å². The van der Waals surface area contributed by atoms with E-state index < -0.39 is 0 Å². The topological polar surface area (TPSA) is 32.3 Å². The molecule has 0 saturated heterocycles. The van der Waals surface area contributed by atoms with Gasteiger partial charge < -0.3 is 10.2 Å². The second kappa shape index (κ2) is 4.48. The van der Waals surface area contributed by atoms with Crippen LogP contribution >= 0.6 is 0 Å². The highest BCUT2D eigenvalue weighted by Gasteiger charge is 2.31. The van der Waals surface area contributed by atoms with Gasteiger partial charge in [-0.05, 0) is 25.0 Å². The van der Waals surface area contributed by atoms with Gasteiger partial charge in [-0.3, -0.25) is 4.79 Å². The Hall–Kier alpha value is -1.77. The van der Waals surface area contributed by atoms with E-state index >= 15 is 0 Å². The van der Waals surface area contributed by atoms with E-state index in [1.807, 2.05) is 23.1 Å². The maximum Gasteiger partial charge on any atom is 0.232 e. The number of hydrogen-bond acceptors (Lipinski definition) is 2. The third-order valence-corrected chi connectivity index (χ3v) is 3.77. The minimum absolute atomic E-state index is 0.00731. The molecule has 1 aromatic carbocycles. The zero-order valence-electron chi connectivity index (χ0n) is 10.6. The number of hydrogen-bond donors (Lipinski definition) is 1. The first-order valence-corrected chi connectivity index (χ1v) is 6.53. The van der Waals surface area contributed by atoms with E-state index in [4.69, 9.17) is 0 Å². The Morgan fingerprint density at radius 3 is 3.06 bits per heavy atom. The summed E-state index contributed by atoms with van der Waals surface area (Å²) < 4.78 is 0. The molecule has 3 rings (SSSR count). The summed E-state index contributed by atoms with van der Waals surface area (Å²) in [6.45, 7) is 4.48. The molecule has 1 aromatic rings. The molecule has 1 unspecified atom stereocenters. The van der Waals surface area contributed by atoms with Gasteiger partial charge in [-0.15, -0.1) is 0 Å². The van der Waals surface area contributed by atoms with Crippen LogP contribution < -0.4 is 5.32 Å². The van der Waals surface area contributed by atoms with Crippen molar-refractivity contribution in [3.63, 3.8) is 0 Å². The van der Waals surface area contributed by atoms with E-state index in [0.29, 0.717) is 0 Å². The van der Waals surface area contributed by atoms with Crippen LogP contribution in [-0.4, -0.2) is 30.4 Å². The molecule has 94 valence electrons. The van der Waals surface area contributed by atoms with Crippen molar-refractivity contribution in [1.82, 2.24) is 4.90 Å². The first-order chi connectivity index (χ1) is 8.75. The van der Waals surface area contributed by atoms with Gasteiger partial charge in [-0.2, -0.15) is 0 Å². The van der Waals surface area contributed by atoms with Crippen LogP contribution in [0.2, 0.25) is 0 Å². The van der Waals surface area contributed by atoms with Gasteiger partial charge in [0.1, 0.15) is 0 Å². The number of nitrogens with one attached hydrogen (secondary N) is 1. The number of carbonyl (C=O) groups is 1. The predicted molar refractivity (Wildman–Crippen MR) is 72.6 cm³/mol. The van der Waals surface area contributed by atoms with Crippen LogP contribution in [0.4, 0.5) is 5.69 Å². The van der Waals surface area contributed by atoms with Crippen molar-refractivity contribution >= 4 is 11.6 Å². The van der Waals surface area contributed by atoms with Crippen molar-refractivity contribution in [2.45, 2.75) is 19.3 Å². The molecular formula is C15H18N2O. The summed E-state index contributed by atoms with van der Waals surface area (Å²) in [5.74, 6) is 0.256. The molecule has 1 amide bonds. The maximum absolute atomic E-state index is 12.6. The van der Waals surface area contributed by atoms with E-state index in [1.165, 1.54) is 5.57 Å². The number of carbonyl (C=O) groups excluding carboxylic acids is 1. The van der Waals surface area contributed by atoms with Crippen LogP contribution in [0.1, 0.15) is 24.8 Å². The lowest BCUT2D eigenvalue weighted by Gasteiger charge is -2.28. The highest BCUT2D eigenvalue weighted by molar-refractivity contribution is 5.88. The molecule has 18 heavy (non-hydrogen) atoms. The largest absolute Gasteiger partial charge is 0.384 e. The van der Waals surface area contributed by atoms with Gasteiger partial charge in [0.2, 0.25) is 5.91 Å². The van der Waals surface area contributed by atoms with Crippen LogP contribution in [0.15, 0.2) is 35.9 Å². The second-order valence-corrected chi connectivity index (χ2v) is 5.12. The van der Waals surface area contributed by atoms with E-state index in [9.17, 15) is 4.79 Å². The van der Waals surface area contributed by atoms with Gasteiger partial charge in [-0.25, -0.2) is 0 Å². The van der Waals surface area contributed by atoms with Crippen molar-refractivity contribution in [2.24, 2.45) is 0 Å². The van der Waals surface area contributed by atoms with E-state index in [0.717, 1.165) is 37.3 Å². The van der Waals surface area contributed by atoms with Crippen LogP contribution in [0, 0.1) is 0 Å². The van der Waals surface area contributed by atoms with E-state index in [1.54, 1.807) is 0 Å². The average Bonchev–Trinajstić information content (AvgIpc) is 2.82. The fourth-order valence-corrected chi connectivity index (χ4v) is 2.82. The van der Waals surface area contributed by atoms with E-state index in [-0.39, 0.29) is 11.8 Å². The summed E-state index contributed by atoms with van der Waals surface area (Å²) in [5.41, 5.74) is 3.56. The van der Waals surface area contributed by atoms with Crippen molar-refractivity contribution < 1.29 is 4.79 Å². The van der Waals surface area contributed by atoms with Crippen molar-refractivity contribution in [2.75, 3.05) is 25.0 Å². The Kier molecular flexibility index (Phi) is 2.82. The number of benzene rings is 1.